The molecule has 0 atom stereocenters. The number of aliphatic hydroxyl groups is 1. The summed E-state index contributed by atoms with van der Waals surface area (Å²) in [6.07, 6.45) is 0. The zero-order valence-electron chi connectivity index (χ0n) is 16.4. The number of hydrogen-bond acceptors (Lipinski definition) is 5. The minimum absolute atomic E-state index is 0.0704. The number of carbonyl (C=O) groups excluding carboxylic acids is 1. The lowest BCUT2D eigenvalue weighted by Gasteiger charge is -2.09. The van der Waals surface area contributed by atoms with Gasteiger partial charge in [-0.15, -0.1) is 0 Å². The third kappa shape index (κ3) is 5.03. The first kappa shape index (κ1) is 22.1. The van der Waals surface area contributed by atoms with Crippen molar-refractivity contribution in [3.63, 3.8) is 0 Å². The van der Waals surface area contributed by atoms with E-state index < -0.39 is 5.91 Å². The lowest BCUT2D eigenvalue weighted by Crippen LogP contribution is -2.33. The maximum atomic E-state index is 12.5. The fourth-order valence-electron chi connectivity index (χ4n) is 2.99. The summed E-state index contributed by atoms with van der Waals surface area (Å²) in [5.74, 6) is 1.05. The molecule has 4 aromatic rings. The molecule has 0 aliphatic rings. The SMILES string of the molecule is O=C(NC(=S)Nc1cccc(-c2ccc(CO)o2)c1)c1ccc(-c2cc(Cl)ccc2Cl)o1. The Bertz CT molecular complexity index is 1300. The van der Waals surface area contributed by atoms with Crippen molar-refractivity contribution in [3.05, 3.63) is 88.3 Å². The molecule has 6 nitrogen and oxygen atoms in total. The van der Waals surface area contributed by atoms with Gasteiger partial charge in [0.25, 0.3) is 5.91 Å². The van der Waals surface area contributed by atoms with Crippen molar-refractivity contribution in [2.24, 2.45) is 0 Å². The Balaban J connectivity index is 1.43. The van der Waals surface area contributed by atoms with Gasteiger partial charge in [0.2, 0.25) is 0 Å². The smallest absolute Gasteiger partial charge is 0.293 e. The Morgan fingerprint density at radius 3 is 2.56 bits per heavy atom. The molecule has 0 spiro atoms. The van der Waals surface area contributed by atoms with E-state index in [4.69, 9.17) is 49.4 Å². The molecule has 0 bridgehead atoms. The van der Waals surface area contributed by atoms with Crippen molar-refractivity contribution in [2.45, 2.75) is 6.61 Å². The summed E-state index contributed by atoms with van der Waals surface area (Å²) >= 11 is 17.5. The van der Waals surface area contributed by atoms with Crippen LogP contribution in [0.15, 0.2) is 75.6 Å². The summed E-state index contributed by atoms with van der Waals surface area (Å²) in [6.45, 7) is -0.175. The first-order chi connectivity index (χ1) is 15.4. The Hall–Kier alpha value is -3.10. The van der Waals surface area contributed by atoms with Gasteiger partial charge in [-0.2, -0.15) is 0 Å². The highest BCUT2D eigenvalue weighted by molar-refractivity contribution is 7.80. The molecule has 0 aliphatic carbocycles. The number of furan rings is 2. The van der Waals surface area contributed by atoms with E-state index in [1.165, 1.54) is 6.07 Å². The molecule has 32 heavy (non-hydrogen) atoms. The van der Waals surface area contributed by atoms with Crippen molar-refractivity contribution < 1.29 is 18.7 Å². The molecule has 162 valence electrons. The number of nitrogens with one attached hydrogen (secondary N) is 2. The molecule has 0 unspecified atom stereocenters. The van der Waals surface area contributed by atoms with Crippen LogP contribution < -0.4 is 10.6 Å². The van der Waals surface area contributed by atoms with Gasteiger partial charge in [0.1, 0.15) is 23.9 Å². The zero-order chi connectivity index (χ0) is 22.7. The predicted molar refractivity (Wildman–Crippen MR) is 128 cm³/mol. The number of halogens is 2. The van der Waals surface area contributed by atoms with Gasteiger partial charge in [0.05, 0.1) is 5.02 Å². The van der Waals surface area contributed by atoms with E-state index in [1.54, 1.807) is 42.5 Å². The predicted octanol–water partition coefficient (Wildman–Crippen LogP) is 6.13. The van der Waals surface area contributed by atoms with Gasteiger partial charge in [-0.05, 0) is 66.8 Å². The molecule has 4 rings (SSSR count). The maximum Gasteiger partial charge on any atom is 0.293 e. The number of anilines is 1. The summed E-state index contributed by atoms with van der Waals surface area (Å²) in [5, 5.41) is 15.7. The third-order valence-corrected chi connectivity index (χ3v) is 5.24. The first-order valence-electron chi connectivity index (χ1n) is 9.40. The Morgan fingerprint density at radius 2 is 1.78 bits per heavy atom. The van der Waals surface area contributed by atoms with Crippen LogP contribution in [0.5, 0.6) is 0 Å². The van der Waals surface area contributed by atoms with Crippen molar-refractivity contribution in [1.29, 1.82) is 0 Å². The Morgan fingerprint density at radius 1 is 0.969 bits per heavy atom. The van der Waals surface area contributed by atoms with Crippen LogP contribution in [0.2, 0.25) is 10.0 Å². The van der Waals surface area contributed by atoms with E-state index in [2.05, 4.69) is 10.6 Å². The van der Waals surface area contributed by atoms with Crippen LogP contribution in [-0.4, -0.2) is 16.1 Å². The minimum atomic E-state index is -0.512. The highest BCUT2D eigenvalue weighted by Crippen LogP contribution is 2.32. The van der Waals surface area contributed by atoms with Gasteiger partial charge >= 0.3 is 0 Å². The highest BCUT2D eigenvalue weighted by atomic mass is 35.5. The van der Waals surface area contributed by atoms with Crippen LogP contribution in [0.1, 0.15) is 16.3 Å². The number of carbonyl (C=O) groups is 1. The van der Waals surface area contributed by atoms with Crippen LogP contribution in [0.4, 0.5) is 5.69 Å². The molecule has 1 amide bonds. The second-order valence-corrected chi connectivity index (χ2v) is 7.95. The number of hydrogen-bond donors (Lipinski definition) is 3. The van der Waals surface area contributed by atoms with Crippen molar-refractivity contribution in [2.75, 3.05) is 5.32 Å². The topological polar surface area (TPSA) is 87.6 Å². The van der Waals surface area contributed by atoms with E-state index in [0.717, 1.165) is 5.56 Å². The van der Waals surface area contributed by atoms with Crippen molar-refractivity contribution in [3.8, 4) is 22.6 Å². The number of aliphatic hydroxyl groups excluding tert-OH is 1. The van der Waals surface area contributed by atoms with E-state index in [-0.39, 0.29) is 17.5 Å². The largest absolute Gasteiger partial charge is 0.459 e. The molecule has 2 aromatic heterocycles. The molecule has 0 aliphatic heterocycles. The number of amides is 1. The molecule has 9 heteroatoms. The Kier molecular flexibility index (Phi) is 6.62. The molecular formula is C23H16Cl2N2O4S. The van der Waals surface area contributed by atoms with Crippen molar-refractivity contribution in [1.82, 2.24) is 5.32 Å². The fraction of sp³-hybridized carbons (Fsp3) is 0.0435. The lowest BCUT2D eigenvalue weighted by molar-refractivity contribution is 0.0951. The van der Waals surface area contributed by atoms with E-state index in [0.29, 0.717) is 38.6 Å². The van der Waals surface area contributed by atoms with Crippen LogP contribution in [0, 0.1) is 0 Å². The van der Waals surface area contributed by atoms with E-state index >= 15 is 0 Å². The Labute approximate surface area is 198 Å². The van der Waals surface area contributed by atoms with Gasteiger partial charge in [0, 0.05) is 21.8 Å². The average molecular weight is 487 g/mol. The molecule has 2 heterocycles. The standard InChI is InChI=1S/C23H16Cl2N2O4S/c24-14-4-6-18(25)17(11-14)20-8-9-21(31-20)22(29)27-23(32)26-15-3-1-2-13(10-15)19-7-5-16(12-28)30-19/h1-11,28H,12H2,(H2,26,27,29,32). The summed E-state index contributed by atoms with van der Waals surface area (Å²) in [4.78, 5) is 12.5. The van der Waals surface area contributed by atoms with Crippen LogP contribution in [0.25, 0.3) is 22.6 Å². The van der Waals surface area contributed by atoms with Crippen LogP contribution in [0.3, 0.4) is 0 Å². The zero-order valence-corrected chi connectivity index (χ0v) is 18.7. The fourth-order valence-corrected chi connectivity index (χ4v) is 3.58. The van der Waals surface area contributed by atoms with Gasteiger partial charge < -0.3 is 19.3 Å². The number of benzene rings is 2. The summed E-state index contributed by atoms with van der Waals surface area (Å²) in [6, 6.07) is 18.9. The quantitative estimate of drug-likeness (QED) is 0.294. The monoisotopic (exact) mass is 486 g/mol. The number of rotatable bonds is 5. The molecule has 0 saturated heterocycles. The van der Waals surface area contributed by atoms with Crippen molar-refractivity contribution >= 4 is 52.1 Å². The van der Waals surface area contributed by atoms with E-state index in [1.807, 2.05) is 18.2 Å². The molecular weight excluding hydrogens is 471 g/mol. The minimum Gasteiger partial charge on any atom is -0.459 e. The number of thiocarbonyl (C=S) groups is 1. The third-order valence-electron chi connectivity index (χ3n) is 4.47. The molecule has 0 saturated carbocycles. The van der Waals surface area contributed by atoms with Gasteiger partial charge in [-0.3, -0.25) is 10.1 Å². The van der Waals surface area contributed by atoms with Gasteiger partial charge in [-0.25, -0.2) is 0 Å². The normalized spacial score (nSPS) is 10.7. The molecule has 2 aromatic carbocycles. The van der Waals surface area contributed by atoms with Gasteiger partial charge in [0.15, 0.2) is 10.9 Å². The molecule has 0 fully saturated rings. The van der Waals surface area contributed by atoms with Crippen LogP contribution >= 0.6 is 35.4 Å². The van der Waals surface area contributed by atoms with Gasteiger partial charge in [-0.1, -0.05) is 35.3 Å². The molecule has 3 N–H and O–H groups in total. The highest BCUT2D eigenvalue weighted by Gasteiger charge is 2.16. The summed E-state index contributed by atoms with van der Waals surface area (Å²) in [7, 11) is 0. The first-order valence-corrected chi connectivity index (χ1v) is 10.6. The lowest BCUT2D eigenvalue weighted by atomic mass is 10.1. The average Bonchev–Trinajstić information content (AvgIpc) is 3.45. The molecule has 0 radical (unpaired) electrons. The summed E-state index contributed by atoms with van der Waals surface area (Å²) < 4.78 is 11.2. The summed E-state index contributed by atoms with van der Waals surface area (Å²) in [5.41, 5.74) is 2.02. The van der Waals surface area contributed by atoms with Crippen LogP contribution in [-0.2, 0) is 6.61 Å². The second-order valence-electron chi connectivity index (χ2n) is 6.70. The van der Waals surface area contributed by atoms with E-state index in [9.17, 15) is 4.79 Å². The second kappa shape index (κ2) is 9.58. The maximum absolute atomic E-state index is 12.5.